The molecular formula is C36H45BN2O5. The molecule has 2 amide bonds. The third kappa shape index (κ3) is 6.17. The van der Waals surface area contributed by atoms with Crippen LogP contribution in [0.3, 0.4) is 0 Å². The molecule has 2 aromatic carbocycles. The fraction of sp³-hybridized carbons (Fsp3) is 0.500. The van der Waals surface area contributed by atoms with Crippen molar-refractivity contribution in [2.75, 3.05) is 13.1 Å². The third-order valence-corrected chi connectivity index (χ3v) is 10.3. The number of hydrogen-bond acceptors (Lipinski definition) is 6. The van der Waals surface area contributed by atoms with Gasteiger partial charge in [-0.25, -0.2) is 0 Å². The van der Waals surface area contributed by atoms with Gasteiger partial charge in [-0.1, -0.05) is 79.6 Å². The van der Waals surface area contributed by atoms with E-state index in [9.17, 15) is 19.7 Å². The van der Waals surface area contributed by atoms with E-state index in [2.05, 4.69) is 43.0 Å². The van der Waals surface area contributed by atoms with E-state index in [4.69, 9.17) is 4.65 Å². The van der Waals surface area contributed by atoms with Crippen molar-refractivity contribution in [3.05, 3.63) is 82.4 Å². The van der Waals surface area contributed by atoms with E-state index < -0.39 is 13.0 Å². The molecule has 3 aliphatic heterocycles. The van der Waals surface area contributed by atoms with Gasteiger partial charge in [0.15, 0.2) is 0 Å². The number of amides is 2. The number of para-hydroxylation sites is 1. The monoisotopic (exact) mass is 596 g/mol. The second-order valence-electron chi connectivity index (χ2n) is 13.5. The summed E-state index contributed by atoms with van der Waals surface area (Å²) in [6.07, 6.45) is 5.59. The van der Waals surface area contributed by atoms with Crippen molar-refractivity contribution < 1.29 is 24.4 Å². The highest BCUT2D eigenvalue weighted by molar-refractivity contribution is 6.43. The van der Waals surface area contributed by atoms with E-state index in [0.29, 0.717) is 19.2 Å². The molecule has 232 valence electrons. The molecule has 3 fully saturated rings. The molecule has 7 nitrogen and oxygen atoms in total. The first-order valence-electron chi connectivity index (χ1n) is 16.4. The highest BCUT2D eigenvalue weighted by Gasteiger charge is 2.58. The van der Waals surface area contributed by atoms with Crippen LogP contribution in [0.15, 0.2) is 71.3 Å². The number of nitrogens with zero attached hydrogens (tertiary/aromatic N) is 2. The number of carbonyl (C=O) groups is 2. The predicted molar refractivity (Wildman–Crippen MR) is 172 cm³/mol. The number of allylic oxidation sites excluding steroid dienone is 2. The number of benzene rings is 2. The molecule has 4 aliphatic rings. The molecule has 3 heterocycles. The minimum Gasteiger partial charge on any atom is -0.507 e. The Morgan fingerprint density at radius 3 is 2.43 bits per heavy atom. The molecule has 0 saturated carbocycles. The molecule has 2 N–H and O–H groups in total. The van der Waals surface area contributed by atoms with E-state index in [-0.39, 0.29) is 47.5 Å². The maximum absolute atomic E-state index is 14.2. The van der Waals surface area contributed by atoms with Gasteiger partial charge in [0.1, 0.15) is 5.75 Å². The van der Waals surface area contributed by atoms with Crippen LogP contribution in [0, 0.1) is 23.7 Å². The smallest absolute Gasteiger partial charge is 0.455 e. The summed E-state index contributed by atoms with van der Waals surface area (Å²) in [7, 11) is -0.971. The van der Waals surface area contributed by atoms with Gasteiger partial charge in [-0.2, -0.15) is 0 Å². The quantitative estimate of drug-likeness (QED) is 0.231. The minimum atomic E-state index is -0.971. The lowest BCUT2D eigenvalue weighted by Gasteiger charge is -2.44. The SMILES string of the molecule is C/C(=C\c1ccccc1O)CC[C@H]1OB(O)C[C@H]2C1=C(C(C)C)C[C@H]1C(=O)N(C3CCN(Cc4ccccc4)CC3)C(=O)[C@H]12. The van der Waals surface area contributed by atoms with Crippen molar-refractivity contribution in [1.29, 1.82) is 0 Å². The minimum absolute atomic E-state index is 0.0160. The predicted octanol–water partition coefficient (Wildman–Crippen LogP) is 5.69. The van der Waals surface area contributed by atoms with Gasteiger partial charge < -0.3 is 14.8 Å². The molecule has 6 rings (SSSR count). The van der Waals surface area contributed by atoms with Crippen LogP contribution in [-0.4, -0.2) is 64.1 Å². The van der Waals surface area contributed by atoms with Crippen LogP contribution in [0.2, 0.25) is 6.32 Å². The van der Waals surface area contributed by atoms with Gasteiger partial charge >= 0.3 is 7.12 Å². The lowest BCUT2D eigenvalue weighted by Crippen LogP contribution is -2.48. The Hall–Kier alpha value is -3.20. The molecule has 3 saturated heterocycles. The number of hydrogen-bond donors (Lipinski definition) is 2. The summed E-state index contributed by atoms with van der Waals surface area (Å²) in [5.74, 6) is -0.581. The second-order valence-corrected chi connectivity index (χ2v) is 13.5. The molecular weight excluding hydrogens is 551 g/mol. The highest BCUT2D eigenvalue weighted by Crippen LogP contribution is 2.52. The first kappa shape index (κ1) is 30.8. The fourth-order valence-corrected chi connectivity index (χ4v) is 8.12. The van der Waals surface area contributed by atoms with Gasteiger partial charge in [0.2, 0.25) is 11.8 Å². The molecule has 44 heavy (non-hydrogen) atoms. The first-order chi connectivity index (χ1) is 21.2. The Labute approximate surface area is 261 Å². The van der Waals surface area contributed by atoms with Crippen LogP contribution in [0.5, 0.6) is 5.75 Å². The average molecular weight is 597 g/mol. The van der Waals surface area contributed by atoms with Crippen molar-refractivity contribution >= 4 is 25.0 Å². The van der Waals surface area contributed by atoms with Gasteiger partial charge in [0.25, 0.3) is 0 Å². The average Bonchev–Trinajstić information content (AvgIpc) is 3.26. The van der Waals surface area contributed by atoms with Gasteiger partial charge in [-0.15, -0.1) is 0 Å². The molecule has 8 heteroatoms. The molecule has 0 bridgehead atoms. The zero-order chi connectivity index (χ0) is 31.0. The number of aromatic hydroxyl groups is 1. The zero-order valence-electron chi connectivity index (χ0n) is 26.2. The summed E-state index contributed by atoms with van der Waals surface area (Å²) < 4.78 is 6.18. The Morgan fingerprint density at radius 2 is 1.73 bits per heavy atom. The van der Waals surface area contributed by atoms with E-state index in [1.807, 2.05) is 31.2 Å². The molecule has 0 aromatic heterocycles. The largest absolute Gasteiger partial charge is 0.507 e. The lowest BCUT2D eigenvalue weighted by molar-refractivity contribution is -0.144. The topological polar surface area (TPSA) is 90.3 Å². The van der Waals surface area contributed by atoms with E-state index in [1.165, 1.54) is 11.1 Å². The van der Waals surface area contributed by atoms with Crippen molar-refractivity contribution in [3.63, 3.8) is 0 Å². The molecule has 2 aromatic rings. The fourth-order valence-electron chi connectivity index (χ4n) is 8.12. The van der Waals surface area contributed by atoms with E-state index in [0.717, 1.165) is 55.6 Å². The Morgan fingerprint density at radius 1 is 1.02 bits per heavy atom. The van der Waals surface area contributed by atoms with Crippen LogP contribution in [-0.2, 0) is 20.8 Å². The molecule has 1 aliphatic carbocycles. The van der Waals surface area contributed by atoms with E-state index in [1.54, 1.807) is 17.0 Å². The summed E-state index contributed by atoms with van der Waals surface area (Å²) in [6.45, 7) is 8.96. The summed E-state index contributed by atoms with van der Waals surface area (Å²) in [6, 6.07) is 17.6. The molecule has 0 spiro atoms. The van der Waals surface area contributed by atoms with Gasteiger partial charge in [0.05, 0.1) is 17.9 Å². The maximum Gasteiger partial charge on any atom is 0.455 e. The van der Waals surface area contributed by atoms with Crippen LogP contribution in [0.25, 0.3) is 6.08 Å². The van der Waals surface area contributed by atoms with Crippen molar-refractivity contribution in [3.8, 4) is 5.75 Å². The van der Waals surface area contributed by atoms with Crippen molar-refractivity contribution in [2.24, 2.45) is 23.7 Å². The Kier molecular flexibility index (Phi) is 9.13. The van der Waals surface area contributed by atoms with Gasteiger partial charge in [-0.3, -0.25) is 19.4 Å². The molecule has 0 radical (unpaired) electrons. The highest BCUT2D eigenvalue weighted by atomic mass is 16.5. The van der Waals surface area contributed by atoms with Gasteiger partial charge in [0, 0.05) is 31.2 Å². The third-order valence-electron chi connectivity index (χ3n) is 10.3. The maximum atomic E-state index is 14.2. The second kappa shape index (κ2) is 13.0. The standard InChI is InChI=1S/C36H45BN2O5/c1-23(2)28-20-29-34(36(42)39(35(29)41)27-15-17-38(18-16-27)22-25-9-5-4-6-10-25)30-21-37(43)44-32(33(28)30)14-13-24(3)19-26-11-7-8-12-31(26)40/h4-12,19,23,27,29-30,32,34,40,43H,13-18,20-22H2,1-3H3/b24-19+/t29-,30+,32-,34-/m1/s1. The van der Waals surface area contributed by atoms with Gasteiger partial charge in [-0.05, 0) is 74.4 Å². The zero-order valence-corrected chi connectivity index (χ0v) is 26.2. The van der Waals surface area contributed by atoms with Crippen molar-refractivity contribution in [1.82, 2.24) is 9.80 Å². The number of imide groups is 1. The lowest BCUT2D eigenvalue weighted by atomic mass is 9.57. The first-order valence-corrected chi connectivity index (χ1v) is 16.4. The van der Waals surface area contributed by atoms with Crippen LogP contribution >= 0.6 is 0 Å². The van der Waals surface area contributed by atoms with Crippen LogP contribution < -0.4 is 0 Å². The summed E-state index contributed by atoms with van der Waals surface area (Å²) in [5, 5.41) is 21.1. The number of piperidine rings is 1. The number of carbonyl (C=O) groups excluding carboxylic acids is 2. The molecule has 0 unspecified atom stereocenters. The van der Waals surface area contributed by atoms with E-state index >= 15 is 0 Å². The molecule has 4 atom stereocenters. The summed E-state index contributed by atoms with van der Waals surface area (Å²) >= 11 is 0. The van der Waals surface area contributed by atoms with Crippen LogP contribution in [0.1, 0.15) is 64.0 Å². The summed E-state index contributed by atoms with van der Waals surface area (Å²) in [4.78, 5) is 32.2. The number of phenols is 1. The Bertz CT molecular complexity index is 1430. The van der Waals surface area contributed by atoms with Crippen molar-refractivity contribution in [2.45, 2.75) is 77.9 Å². The number of rotatable bonds is 8. The number of likely N-dealkylation sites (tertiary alicyclic amines) is 2. The Balaban J connectivity index is 1.18. The summed E-state index contributed by atoms with van der Waals surface area (Å²) in [5.41, 5.74) is 5.51. The normalized spacial score (nSPS) is 26.9. The number of phenolic OH excluding ortho intramolecular Hbond substituents is 1. The van der Waals surface area contributed by atoms with Crippen LogP contribution in [0.4, 0.5) is 0 Å². The number of fused-ring (bicyclic) bond motifs is 3.